The van der Waals surface area contributed by atoms with Gasteiger partial charge in [-0.25, -0.2) is 9.78 Å². The molecule has 2 rings (SSSR count). The zero-order valence-electron chi connectivity index (χ0n) is 9.02. The fourth-order valence-electron chi connectivity index (χ4n) is 2.22. The highest BCUT2D eigenvalue weighted by molar-refractivity contribution is 5.76. The average Bonchev–Trinajstić information content (AvgIpc) is 2.91. The Morgan fingerprint density at radius 2 is 2.27 bits per heavy atom. The van der Waals surface area contributed by atoms with Gasteiger partial charge in [0, 0.05) is 18.4 Å². The Balaban J connectivity index is 1.88. The number of carbonyl (C=O) groups excluding carboxylic acids is 1. The lowest BCUT2D eigenvalue weighted by molar-refractivity contribution is 0.234. The van der Waals surface area contributed by atoms with Gasteiger partial charge in [0.2, 0.25) is 0 Å². The van der Waals surface area contributed by atoms with Gasteiger partial charge in [0.1, 0.15) is 6.33 Å². The lowest BCUT2D eigenvalue weighted by atomic mass is 10.0. The number of rotatable bonds is 2. The van der Waals surface area contributed by atoms with Gasteiger partial charge < -0.3 is 5.32 Å². The molecule has 0 bridgehead atoms. The topological polar surface area (TPSA) is 46.9 Å². The molecule has 1 amide bonds. The molecule has 1 N–H and O–H groups in total. The van der Waals surface area contributed by atoms with Gasteiger partial charge >= 0.3 is 6.03 Å². The molecule has 0 unspecified atom stereocenters. The van der Waals surface area contributed by atoms with Crippen LogP contribution in [-0.2, 0) is 0 Å². The van der Waals surface area contributed by atoms with Crippen LogP contribution in [0.15, 0.2) is 18.7 Å². The SMILES string of the molecule is C[C@@H](NC(=O)n1ccnc1)C1CCCC1. The van der Waals surface area contributed by atoms with E-state index < -0.39 is 0 Å². The molecule has 1 fully saturated rings. The molecular formula is C11H17N3O. The summed E-state index contributed by atoms with van der Waals surface area (Å²) in [5, 5.41) is 3.01. The first kappa shape index (κ1) is 10.2. The normalized spacial score (nSPS) is 19.0. The van der Waals surface area contributed by atoms with Crippen LogP contribution in [0, 0.1) is 5.92 Å². The minimum absolute atomic E-state index is 0.0769. The summed E-state index contributed by atoms with van der Waals surface area (Å²) >= 11 is 0. The van der Waals surface area contributed by atoms with Gasteiger partial charge in [-0.05, 0) is 25.7 Å². The van der Waals surface area contributed by atoms with Gasteiger partial charge in [0.15, 0.2) is 0 Å². The maximum Gasteiger partial charge on any atom is 0.327 e. The summed E-state index contributed by atoms with van der Waals surface area (Å²) in [5.41, 5.74) is 0. The standard InChI is InChI=1S/C11H17N3O/c1-9(10-4-2-3-5-10)13-11(15)14-7-6-12-8-14/h6-10H,2-5H2,1H3,(H,13,15)/t9-/m1/s1. The maximum atomic E-state index is 11.7. The van der Waals surface area contributed by atoms with E-state index in [1.807, 2.05) is 0 Å². The highest BCUT2D eigenvalue weighted by atomic mass is 16.2. The summed E-state index contributed by atoms with van der Waals surface area (Å²) in [4.78, 5) is 15.5. The van der Waals surface area contributed by atoms with Crippen LogP contribution in [0.25, 0.3) is 0 Å². The highest BCUT2D eigenvalue weighted by Gasteiger charge is 2.22. The molecule has 1 atom stereocenters. The monoisotopic (exact) mass is 207 g/mol. The van der Waals surface area contributed by atoms with Gasteiger partial charge in [-0.15, -0.1) is 0 Å². The summed E-state index contributed by atoms with van der Waals surface area (Å²) in [5.74, 6) is 0.650. The molecule has 1 aliphatic rings. The third-order valence-corrected chi connectivity index (χ3v) is 3.20. The van der Waals surface area contributed by atoms with E-state index in [-0.39, 0.29) is 12.1 Å². The number of nitrogens with zero attached hydrogens (tertiary/aromatic N) is 2. The number of aromatic nitrogens is 2. The Bertz CT molecular complexity index is 315. The molecular weight excluding hydrogens is 190 g/mol. The van der Waals surface area contributed by atoms with Crippen LogP contribution < -0.4 is 5.32 Å². The molecule has 82 valence electrons. The molecule has 4 nitrogen and oxygen atoms in total. The van der Waals surface area contributed by atoms with Gasteiger partial charge in [-0.3, -0.25) is 4.57 Å². The van der Waals surface area contributed by atoms with E-state index in [0.29, 0.717) is 5.92 Å². The number of amides is 1. The fraction of sp³-hybridized carbons (Fsp3) is 0.636. The van der Waals surface area contributed by atoms with Crippen LogP contribution in [0.1, 0.15) is 32.6 Å². The van der Waals surface area contributed by atoms with E-state index in [9.17, 15) is 4.79 Å². The van der Waals surface area contributed by atoms with E-state index >= 15 is 0 Å². The van der Waals surface area contributed by atoms with Crippen LogP contribution in [-0.4, -0.2) is 21.6 Å². The molecule has 15 heavy (non-hydrogen) atoms. The van der Waals surface area contributed by atoms with Crippen LogP contribution in [0.4, 0.5) is 4.79 Å². The highest BCUT2D eigenvalue weighted by Crippen LogP contribution is 2.27. The number of nitrogens with one attached hydrogen (secondary N) is 1. The van der Waals surface area contributed by atoms with Crippen LogP contribution in [0.3, 0.4) is 0 Å². The molecule has 1 saturated carbocycles. The third kappa shape index (κ3) is 2.37. The first-order valence-electron chi connectivity index (χ1n) is 5.56. The molecule has 0 radical (unpaired) electrons. The third-order valence-electron chi connectivity index (χ3n) is 3.20. The van der Waals surface area contributed by atoms with Crippen molar-refractivity contribution >= 4 is 6.03 Å². The van der Waals surface area contributed by atoms with Crippen molar-refractivity contribution in [1.29, 1.82) is 0 Å². The Morgan fingerprint density at radius 3 is 2.87 bits per heavy atom. The van der Waals surface area contributed by atoms with Crippen molar-refractivity contribution in [3.63, 3.8) is 0 Å². The molecule has 1 aromatic heterocycles. The predicted molar refractivity (Wildman–Crippen MR) is 57.6 cm³/mol. The van der Waals surface area contributed by atoms with E-state index in [1.54, 1.807) is 12.4 Å². The lowest BCUT2D eigenvalue weighted by Gasteiger charge is -2.20. The van der Waals surface area contributed by atoms with Gasteiger partial charge in [-0.1, -0.05) is 12.8 Å². The Labute approximate surface area is 89.7 Å². The van der Waals surface area contributed by atoms with Crippen molar-refractivity contribution in [1.82, 2.24) is 14.9 Å². The van der Waals surface area contributed by atoms with Crippen molar-refractivity contribution in [3.05, 3.63) is 18.7 Å². The summed E-state index contributed by atoms with van der Waals surface area (Å²) in [6.07, 6.45) is 9.88. The van der Waals surface area contributed by atoms with Crippen LogP contribution >= 0.6 is 0 Å². The summed E-state index contributed by atoms with van der Waals surface area (Å²) < 4.78 is 1.48. The number of hydrogen-bond donors (Lipinski definition) is 1. The van der Waals surface area contributed by atoms with Crippen LogP contribution in [0.5, 0.6) is 0 Å². The Hall–Kier alpha value is -1.32. The van der Waals surface area contributed by atoms with Crippen molar-refractivity contribution < 1.29 is 4.79 Å². The fourth-order valence-corrected chi connectivity index (χ4v) is 2.22. The lowest BCUT2D eigenvalue weighted by Crippen LogP contribution is -2.39. The Kier molecular flexibility index (Phi) is 3.04. The van der Waals surface area contributed by atoms with E-state index in [0.717, 1.165) is 0 Å². The second-order valence-electron chi connectivity index (χ2n) is 4.25. The second-order valence-corrected chi connectivity index (χ2v) is 4.25. The van der Waals surface area contributed by atoms with Gasteiger partial charge in [0.25, 0.3) is 0 Å². The molecule has 1 heterocycles. The zero-order valence-corrected chi connectivity index (χ0v) is 9.02. The minimum atomic E-state index is -0.0769. The number of carbonyl (C=O) groups is 1. The summed E-state index contributed by atoms with van der Waals surface area (Å²) in [7, 11) is 0. The smallest absolute Gasteiger partial charge is 0.327 e. The first-order chi connectivity index (χ1) is 7.27. The van der Waals surface area contributed by atoms with Gasteiger partial charge in [-0.2, -0.15) is 0 Å². The minimum Gasteiger partial charge on any atom is -0.335 e. The van der Waals surface area contributed by atoms with E-state index in [2.05, 4.69) is 17.2 Å². The van der Waals surface area contributed by atoms with E-state index in [1.165, 1.54) is 36.6 Å². The number of imidazole rings is 1. The predicted octanol–water partition coefficient (Wildman–Crippen LogP) is 2.02. The molecule has 0 saturated heterocycles. The zero-order chi connectivity index (χ0) is 10.7. The largest absolute Gasteiger partial charge is 0.335 e. The first-order valence-corrected chi connectivity index (χ1v) is 5.56. The summed E-state index contributed by atoms with van der Waals surface area (Å²) in [6, 6.07) is 0.189. The molecule has 4 heteroatoms. The number of hydrogen-bond acceptors (Lipinski definition) is 2. The van der Waals surface area contributed by atoms with Gasteiger partial charge in [0.05, 0.1) is 0 Å². The van der Waals surface area contributed by atoms with Crippen molar-refractivity contribution in [3.8, 4) is 0 Å². The molecule has 1 aliphatic carbocycles. The average molecular weight is 207 g/mol. The summed E-state index contributed by atoms with van der Waals surface area (Å²) in [6.45, 7) is 2.09. The molecule has 0 spiro atoms. The van der Waals surface area contributed by atoms with Crippen LogP contribution in [0.2, 0.25) is 0 Å². The van der Waals surface area contributed by atoms with Crippen molar-refractivity contribution in [2.24, 2.45) is 5.92 Å². The Morgan fingerprint density at radius 1 is 1.53 bits per heavy atom. The van der Waals surface area contributed by atoms with Crippen molar-refractivity contribution in [2.45, 2.75) is 38.6 Å². The molecule has 0 aromatic carbocycles. The van der Waals surface area contributed by atoms with Crippen molar-refractivity contribution in [2.75, 3.05) is 0 Å². The maximum absolute atomic E-state index is 11.7. The quantitative estimate of drug-likeness (QED) is 0.806. The second kappa shape index (κ2) is 4.47. The molecule has 0 aliphatic heterocycles. The van der Waals surface area contributed by atoms with E-state index in [4.69, 9.17) is 0 Å². The molecule has 1 aromatic rings.